The molecule has 1 amide bonds. The SMILES string of the molecule is O=C(NN=Cc1cc2c(cc1[N+](=O)[O-])OCO2)c1cc2cc(Br)ccc2o1. The van der Waals surface area contributed by atoms with Gasteiger partial charge in [-0.3, -0.25) is 14.9 Å². The van der Waals surface area contributed by atoms with E-state index in [1.165, 1.54) is 12.1 Å². The molecular weight excluding hydrogens is 422 g/mol. The van der Waals surface area contributed by atoms with E-state index in [0.717, 1.165) is 16.1 Å². The first-order chi connectivity index (χ1) is 13.0. The van der Waals surface area contributed by atoms with Gasteiger partial charge < -0.3 is 13.9 Å². The van der Waals surface area contributed by atoms with Crippen molar-refractivity contribution in [2.45, 2.75) is 0 Å². The average Bonchev–Trinajstić information content (AvgIpc) is 3.26. The number of hydrazone groups is 1. The Hall–Kier alpha value is -3.40. The molecule has 0 spiro atoms. The summed E-state index contributed by atoms with van der Waals surface area (Å²) in [5.41, 5.74) is 2.79. The lowest BCUT2D eigenvalue weighted by Gasteiger charge is -2.00. The highest BCUT2D eigenvalue weighted by Gasteiger charge is 2.22. The number of nitrogens with zero attached hydrogens (tertiary/aromatic N) is 2. The monoisotopic (exact) mass is 431 g/mol. The van der Waals surface area contributed by atoms with Crippen LogP contribution in [0, 0.1) is 10.1 Å². The van der Waals surface area contributed by atoms with E-state index in [9.17, 15) is 14.9 Å². The summed E-state index contributed by atoms with van der Waals surface area (Å²) >= 11 is 3.35. The van der Waals surface area contributed by atoms with Gasteiger partial charge in [-0.05, 0) is 30.3 Å². The molecule has 2 aromatic carbocycles. The van der Waals surface area contributed by atoms with Crippen LogP contribution in [0.5, 0.6) is 11.5 Å². The molecule has 0 bridgehead atoms. The molecule has 9 nitrogen and oxygen atoms in total. The van der Waals surface area contributed by atoms with Gasteiger partial charge in [-0.25, -0.2) is 5.43 Å². The summed E-state index contributed by atoms with van der Waals surface area (Å²) in [5.74, 6) is 0.148. The van der Waals surface area contributed by atoms with Crippen molar-refractivity contribution in [2.24, 2.45) is 5.10 Å². The summed E-state index contributed by atoms with van der Waals surface area (Å²) in [5, 5.41) is 15.7. The Labute approximate surface area is 159 Å². The number of nitrogens with one attached hydrogen (secondary N) is 1. The molecule has 0 saturated carbocycles. The van der Waals surface area contributed by atoms with Crippen molar-refractivity contribution in [3.63, 3.8) is 0 Å². The number of hydrogen-bond acceptors (Lipinski definition) is 7. The zero-order valence-electron chi connectivity index (χ0n) is 13.5. The molecule has 0 fully saturated rings. The number of carbonyl (C=O) groups excluding carboxylic acids is 1. The molecule has 0 unspecified atom stereocenters. The van der Waals surface area contributed by atoms with E-state index in [-0.39, 0.29) is 29.6 Å². The first kappa shape index (κ1) is 17.0. The van der Waals surface area contributed by atoms with Crippen LogP contribution in [-0.4, -0.2) is 23.8 Å². The summed E-state index contributed by atoms with van der Waals surface area (Å²) in [4.78, 5) is 22.8. The predicted octanol–water partition coefficient (Wildman–Crippen LogP) is 3.60. The van der Waals surface area contributed by atoms with Crippen LogP contribution in [0.3, 0.4) is 0 Å². The van der Waals surface area contributed by atoms with Gasteiger partial charge in [0, 0.05) is 9.86 Å². The van der Waals surface area contributed by atoms with Crippen molar-refractivity contribution in [3.05, 3.63) is 62.3 Å². The number of rotatable bonds is 4. The standard InChI is InChI=1S/C17H10BrN3O6/c18-11-1-2-13-9(3-11)4-16(27-13)17(22)20-19-7-10-5-14-15(26-8-25-14)6-12(10)21(23)24/h1-7H,8H2,(H,20,22). The van der Waals surface area contributed by atoms with Gasteiger partial charge in [0.05, 0.1) is 22.8 Å². The Kier molecular flexibility index (Phi) is 4.24. The quantitative estimate of drug-likeness (QED) is 0.383. The summed E-state index contributed by atoms with van der Waals surface area (Å²) in [6.45, 7) is -0.00795. The van der Waals surface area contributed by atoms with Gasteiger partial charge in [0.2, 0.25) is 6.79 Å². The fraction of sp³-hybridized carbons (Fsp3) is 0.0588. The van der Waals surface area contributed by atoms with Crippen LogP contribution in [0.1, 0.15) is 16.1 Å². The van der Waals surface area contributed by atoms with Crippen molar-refractivity contribution in [1.82, 2.24) is 5.43 Å². The summed E-state index contributed by atoms with van der Waals surface area (Å²) in [7, 11) is 0. The van der Waals surface area contributed by atoms with Gasteiger partial charge in [-0.1, -0.05) is 15.9 Å². The Bertz CT molecular complexity index is 1110. The number of halogens is 1. The maximum atomic E-state index is 12.2. The molecule has 1 aliphatic rings. The van der Waals surface area contributed by atoms with E-state index < -0.39 is 10.8 Å². The molecule has 1 aliphatic heterocycles. The minimum absolute atomic E-state index is 0.00795. The van der Waals surface area contributed by atoms with Crippen LogP contribution in [0.15, 0.2) is 50.4 Å². The topological polar surface area (TPSA) is 116 Å². The molecule has 4 rings (SSSR count). The molecule has 0 aliphatic carbocycles. The third-order valence-electron chi connectivity index (χ3n) is 3.79. The van der Waals surface area contributed by atoms with Crippen molar-refractivity contribution in [2.75, 3.05) is 6.79 Å². The van der Waals surface area contributed by atoms with Crippen molar-refractivity contribution in [3.8, 4) is 11.5 Å². The highest BCUT2D eigenvalue weighted by molar-refractivity contribution is 9.10. The molecule has 0 saturated heterocycles. The van der Waals surface area contributed by atoms with Crippen LogP contribution in [0.25, 0.3) is 11.0 Å². The minimum atomic E-state index is -0.582. The van der Waals surface area contributed by atoms with E-state index in [1.54, 1.807) is 18.2 Å². The lowest BCUT2D eigenvalue weighted by molar-refractivity contribution is -0.385. The second-order valence-corrected chi connectivity index (χ2v) is 6.43. The third-order valence-corrected chi connectivity index (χ3v) is 4.28. The van der Waals surface area contributed by atoms with Gasteiger partial charge in [0.15, 0.2) is 17.3 Å². The van der Waals surface area contributed by atoms with Gasteiger partial charge in [0.1, 0.15) is 5.58 Å². The molecular formula is C17H10BrN3O6. The molecule has 27 heavy (non-hydrogen) atoms. The second kappa shape index (κ2) is 6.72. The first-order valence-electron chi connectivity index (χ1n) is 7.62. The number of nitro benzene ring substituents is 1. The molecule has 10 heteroatoms. The van der Waals surface area contributed by atoms with Gasteiger partial charge >= 0.3 is 5.91 Å². The third kappa shape index (κ3) is 3.34. The normalized spacial score (nSPS) is 12.6. The Morgan fingerprint density at radius 1 is 1.22 bits per heavy atom. The van der Waals surface area contributed by atoms with E-state index in [1.807, 2.05) is 6.07 Å². The molecule has 0 atom stereocenters. The minimum Gasteiger partial charge on any atom is -0.454 e. The summed E-state index contributed by atoms with van der Waals surface area (Å²) in [6.07, 6.45) is 1.16. The number of carbonyl (C=O) groups is 1. The first-order valence-corrected chi connectivity index (χ1v) is 8.41. The highest BCUT2D eigenvalue weighted by atomic mass is 79.9. The van der Waals surface area contributed by atoms with Crippen molar-refractivity contribution in [1.29, 1.82) is 0 Å². The zero-order valence-corrected chi connectivity index (χ0v) is 15.1. The second-order valence-electron chi connectivity index (χ2n) is 5.51. The lowest BCUT2D eigenvalue weighted by atomic mass is 10.1. The predicted molar refractivity (Wildman–Crippen MR) is 98.2 cm³/mol. The Morgan fingerprint density at radius 3 is 2.78 bits per heavy atom. The molecule has 3 aromatic rings. The summed E-state index contributed by atoms with van der Waals surface area (Å²) < 4.78 is 16.6. The fourth-order valence-corrected chi connectivity index (χ4v) is 2.93. The number of amides is 1. The maximum absolute atomic E-state index is 12.2. The molecule has 136 valence electrons. The van der Waals surface area contributed by atoms with Crippen LogP contribution >= 0.6 is 15.9 Å². The van der Waals surface area contributed by atoms with Gasteiger partial charge in [0.25, 0.3) is 5.69 Å². The van der Waals surface area contributed by atoms with Crippen LogP contribution in [0.2, 0.25) is 0 Å². The summed E-state index contributed by atoms with van der Waals surface area (Å²) in [6, 6.07) is 9.60. The highest BCUT2D eigenvalue weighted by Crippen LogP contribution is 2.37. The average molecular weight is 432 g/mol. The van der Waals surface area contributed by atoms with Crippen molar-refractivity contribution >= 4 is 44.7 Å². The van der Waals surface area contributed by atoms with Crippen LogP contribution in [-0.2, 0) is 0 Å². The van der Waals surface area contributed by atoms with Gasteiger partial charge in [-0.2, -0.15) is 5.10 Å². The smallest absolute Gasteiger partial charge is 0.307 e. The van der Waals surface area contributed by atoms with Gasteiger partial charge in [-0.15, -0.1) is 0 Å². The number of furan rings is 1. The molecule has 0 radical (unpaired) electrons. The fourth-order valence-electron chi connectivity index (χ4n) is 2.55. The number of nitro groups is 1. The number of fused-ring (bicyclic) bond motifs is 2. The van der Waals surface area contributed by atoms with E-state index in [2.05, 4.69) is 26.5 Å². The van der Waals surface area contributed by atoms with Crippen molar-refractivity contribution < 1.29 is 23.6 Å². The lowest BCUT2D eigenvalue weighted by Crippen LogP contribution is -2.16. The number of ether oxygens (including phenoxy) is 2. The Balaban J connectivity index is 1.54. The number of benzene rings is 2. The molecule has 1 aromatic heterocycles. The largest absolute Gasteiger partial charge is 0.454 e. The Morgan fingerprint density at radius 2 is 2.00 bits per heavy atom. The molecule has 1 N–H and O–H groups in total. The van der Waals surface area contributed by atoms with E-state index >= 15 is 0 Å². The van der Waals surface area contributed by atoms with Crippen LogP contribution < -0.4 is 14.9 Å². The van der Waals surface area contributed by atoms with E-state index in [4.69, 9.17) is 13.9 Å². The zero-order chi connectivity index (χ0) is 19.0. The number of hydrogen-bond donors (Lipinski definition) is 1. The van der Waals surface area contributed by atoms with Crippen LogP contribution in [0.4, 0.5) is 5.69 Å². The molecule has 2 heterocycles. The van der Waals surface area contributed by atoms with E-state index in [0.29, 0.717) is 11.3 Å². The maximum Gasteiger partial charge on any atom is 0.307 e.